The molecule has 3 aromatic rings. The molecule has 0 saturated heterocycles. The van der Waals surface area contributed by atoms with Gasteiger partial charge in [-0.25, -0.2) is 4.98 Å². The molecule has 3 nitrogen and oxygen atoms in total. The minimum absolute atomic E-state index is 0.113. The van der Waals surface area contributed by atoms with Gasteiger partial charge in [-0.15, -0.1) is 0 Å². The van der Waals surface area contributed by atoms with E-state index in [1.807, 2.05) is 54.6 Å². The summed E-state index contributed by atoms with van der Waals surface area (Å²) in [5, 5.41) is 0. The molecule has 0 atom stereocenters. The molecule has 0 fully saturated rings. The summed E-state index contributed by atoms with van der Waals surface area (Å²) in [6, 6.07) is 17.6. The minimum atomic E-state index is -0.113. The Morgan fingerprint density at radius 2 is 1.50 bits per heavy atom. The number of aromatic nitrogens is 2. The Bertz CT molecular complexity index is 707. The smallest absolute Gasteiger partial charge is 0.212 e. The first-order valence-electron chi connectivity index (χ1n) is 6.31. The van der Waals surface area contributed by atoms with E-state index >= 15 is 0 Å². The Morgan fingerprint density at radius 1 is 0.800 bits per heavy atom. The summed E-state index contributed by atoms with van der Waals surface area (Å²) in [6.45, 7) is 0. The van der Waals surface area contributed by atoms with Crippen LogP contribution in [-0.2, 0) is 0 Å². The zero-order valence-corrected chi connectivity index (χ0v) is 10.7. The Labute approximate surface area is 117 Å². The second-order valence-electron chi connectivity index (χ2n) is 4.36. The zero-order chi connectivity index (χ0) is 13.8. The van der Waals surface area contributed by atoms with Crippen LogP contribution in [0.3, 0.4) is 0 Å². The van der Waals surface area contributed by atoms with Crippen molar-refractivity contribution in [1.29, 1.82) is 0 Å². The van der Waals surface area contributed by atoms with Crippen LogP contribution in [0.25, 0.3) is 11.1 Å². The van der Waals surface area contributed by atoms with E-state index in [0.29, 0.717) is 11.3 Å². The van der Waals surface area contributed by atoms with Crippen molar-refractivity contribution in [2.45, 2.75) is 0 Å². The summed E-state index contributed by atoms with van der Waals surface area (Å²) in [7, 11) is 0. The molecule has 20 heavy (non-hydrogen) atoms. The van der Waals surface area contributed by atoms with Crippen LogP contribution >= 0.6 is 0 Å². The lowest BCUT2D eigenvalue weighted by molar-refractivity contribution is 0.103. The Balaban J connectivity index is 1.89. The van der Waals surface area contributed by atoms with E-state index in [4.69, 9.17) is 0 Å². The van der Waals surface area contributed by atoms with Crippen LogP contribution in [0, 0.1) is 0 Å². The number of hydrogen-bond acceptors (Lipinski definition) is 3. The lowest BCUT2D eigenvalue weighted by atomic mass is 10.0. The largest absolute Gasteiger partial charge is 0.287 e. The topological polar surface area (TPSA) is 42.9 Å². The average Bonchev–Trinajstić information content (AvgIpc) is 2.56. The number of hydrogen-bond donors (Lipinski definition) is 0. The van der Waals surface area contributed by atoms with E-state index in [1.54, 1.807) is 6.20 Å². The summed E-state index contributed by atoms with van der Waals surface area (Å²) in [6.07, 6.45) is 4.55. The molecular weight excluding hydrogens is 248 g/mol. The number of benzene rings is 2. The summed E-state index contributed by atoms with van der Waals surface area (Å²) in [5.74, 6) is -0.113. The van der Waals surface area contributed by atoms with Crippen LogP contribution in [0.2, 0.25) is 0 Å². The van der Waals surface area contributed by atoms with Crippen molar-refractivity contribution in [3.8, 4) is 11.1 Å². The normalized spacial score (nSPS) is 10.2. The lowest BCUT2D eigenvalue weighted by Gasteiger charge is -2.03. The van der Waals surface area contributed by atoms with E-state index in [1.165, 1.54) is 12.4 Å². The molecule has 0 saturated carbocycles. The first-order chi connectivity index (χ1) is 9.84. The van der Waals surface area contributed by atoms with Crippen LogP contribution in [0.4, 0.5) is 0 Å². The highest BCUT2D eigenvalue weighted by Gasteiger charge is 2.10. The number of ketones is 1. The molecule has 0 aliphatic heterocycles. The molecule has 0 bridgehead atoms. The van der Waals surface area contributed by atoms with Gasteiger partial charge in [-0.05, 0) is 11.1 Å². The second kappa shape index (κ2) is 5.45. The maximum Gasteiger partial charge on any atom is 0.212 e. The Kier molecular flexibility index (Phi) is 3.33. The number of carbonyl (C=O) groups is 1. The van der Waals surface area contributed by atoms with Crippen LogP contribution < -0.4 is 0 Å². The minimum Gasteiger partial charge on any atom is -0.287 e. The van der Waals surface area contributed by atoms with E-state index < -0.39 is 0 Å². The highest BCUT2D eigenvalue weighted by molar-refractivity contribution is 6.07. The molecule has 0 aliphatic carbocycles. The van der Waals surface area contributed by atoms with Crippen molar-refractivity contribution in [3.05, 3.63) is 84.4 Å². The first-order valence-corrected chi connectivity index (χ1v) is 6.31. The molecule has 1 aromatic heterocycles. The van der Waals surface area contributed by atoms with Gasteiger partial charge in [0.15, 0.2) is 0 Å². The van der Waals surface area contributed by atoms with Gasteiger partial charge in [0.1, 0.15) is 5.69 Å². The predicted octanol–water partition coefficient (Wildman–Crippen LogP) is 3.37. The molecule has 96 valence electrons. The molecule has 0 N–H and O–H groups in total. The number of nitrogens with zero attached hydrogens (tertiary/aromatic N) is 2. The first kappa shape index (κ1) is 12.2. The van der Waals surface area contributed by atoms with Crippen LogP contribution in [-0.4, -0.2) is 15.8 Å². The maximum absolute atomic E-state index is 12.2. The number of rotatable bonds is 3. The van der Waals surface area contributed by atoms with Gasteiger partial charge < -0.3 is 0 Å². The standard InChI is InChI=1S/C17H12N2O/c20-17(16-12-18-10-11-19-16)15-8-6-14(7-9-15)13-4-2-1-3-5-13/h1-12H. The summed E-state index contributed by atoms with van der Waals surface area (Å²) in [5.41, 5.74) is 3.19. The molecular formula is C17H12N2O. The second-order valence-corrected chi connectivity index (χ2v) is 4.36. The van der Waals surface area contributed by atoms with Crippen molar-refractivity contribution >= 4 is 5.78 Å². The summed E-state index contributed by atoms with van der Waals surface area (Å²) in [4.78, 5) is 20.1. The van der Waals surface area contributed by atoms with E-state index in [0.717, 1.165) is 11.1 Å². The molecule has 0 spiro atoms. The fourth-order valence-corrected chi connectivity index (χ4v) is 2.01. The van der Waals surface area contributed by atoms with Crippen molar-refractivity contribution in [1.82, 2.24) is 9.97 Å². The third kappa shape index (κ3) is 2.47. The van der Waals surface area contributed by atoms with Gasteiger partial charge in [-0.3, -0.25) is 9.78 Å². The monoisotopic (exact) mass is 260 g/mol. The van der Waals surface area contributed by atoms with Crippen molar-refractivity contribution < 1.29 is 4.79 Å². The lowest BCUT2D eigenvalue weighted by Crippen LogP contribution is -2.03. The Morgan fingerprint density at radius 3 is 2.15 bits per heavy atom. The highest BCUT2D eigenvalue weighted by atomic mass is 16.1. The van der Waals surface area contributed by atoms with E-state index in [-0.39, 0.29) is 5.78 Å². The third-order valence-corrected chi connectivity index (χ3v) is 3.05. The molecule has 0 amide bonds. The van der Waals surface area contributed by atoms with E-state index in [2.05, 4.69) is 9.97 Å². The van der Waals surface area contributed by atoms with Gasteiger partial charge in [-0.1, -0.05) is 54.6 Å². The van der Waals surface area contributed by atoms with Crippen molar-refractivity contribution in [3.63, 3.8) is 0 Å². The zero-order valence-electron chi connectivity index (χ0n) is 10.7. The molecule has 1 heterocycles. The third-order valence-electron chi connectivity index (χ3n) is 3.05. The maximum atomic E-state index is 12.2. The molecule has 2 aromatic carbocycles. The Hall–Kier alpha value is -2.81. The molecule has 0 aliphatic rings. The summed E-state index contributed by atoms with van der Waals surface area (Å²) >= 11 is 0. The van der Waals surface area contributed by atoms with Crippen LogP contribution in [0.5, 0.6) is 0 Å². The molecule has 3 heteroatoms. The summed E-state index contributed by atoms with van der Waals surface area (Å²) < 4.78 is 0. The molecule has 0 unspecified atom stereocenters. The van der Waals surface area contributed by atoms with Crippen LogP contribution in [0.15, 0.2) is 73.2 Å². The van der Waals surface area contributed by atoms with E-state index in [9.17, 15) is 4.79 Å². The number of carbonyl (C=O) groups excluding carboxylic acids is 1. The van der Waals surface area contributed by atoms with Gasteiger partial charge in [0.25, 0.3) is 0 Å². The SMILES string of the molecule is O=C(c1ccc(-c2ccccc2)cc1)c1cnccn1. The van der Waals surface area contributed by atoms with Crippen molar-refractivity contribution in [2.24, 2.45) is 0 Å². The van der Waals surface area contributed by atoms with Gasteiger partial charge in [0, 0.05) is 18.0 Å². The highest BCUT2D eigenvalue weighted by Crippen LogP contribution is 2.19. The van der Waals surface area contributed by atoms with Gasteiger partial charge in [0.2, 0.25) is 5.78 Å². The van der Waals surface area contributed by atoms with Gasteiger partial charge in [-0.2, -0.15) is 0 Å². The predicted molar refractivity (Wildman–Crippen MR) is 77.3 cm³/mol. The average molecular weight is 260 g/mol. The quantitative estimate of drug-likeness (QED) is 0.678. The van der Waals surface area contributed by atoms with Gasteiger partial charge in [0.05, 0.1) is 6.20 Å². The molecule has 0 radical (unpaired) electrons. The van der Waals surface area contributed by atoms with Crippen molar-refractivity contribution in [2.75, 3.05) is 0 Å². The van der Waals surface area contributed by atoms with Gasteiger partial charge >= 0.3 is 0 Å². The molecule has 3 rings (SSSR count). The fourth-order valence-electron chi connectivity index (χ4n) is 2.01. The van der Waals surface area contributed by atoms with Crippen LogP contribution in [0.1, 0.15) is 16.1 Å². The fraction of sp³-hybridized carbons (Fsp3) is 0.